The van der Waals surface area contributed by atoms with Crippen molar-refractivity contribution in [2.75, 3.05) is 55.1 Å². The van der Waals surface area contributed by atoms with E-state index in [9.17, 15) is 63.5 Å². The summed E-state index contributed by atoms with van der Waals surface area (Å²) in [4.78, 5) is 57.5. The second-order valence-corrected chi connectivity index (χ2v) is 44.0. The number of terminal acetylenes is 1. The van der Waals surface area contributed by atoms with Crippen LogP contribution in [0.25, 0.3) is 27.5 Å². The van der Waals surface area contributed by atoms with Crippen LogP contribution in [-0.2, 0) is 42.5 Å². The van der Waals surface area contributed by atoms with E-state index in [1.54, 1.807) is 119 Å². The molecule has 9 N–H and O–H groups in total. The highest BCUT2D eigenvalue weighted by Gasteiger charge is 2.36. The molecular formula is C78H80Cl3F9N16O13Si3. The second kappa shape index (κ2) is 45.9. The van der Waals surface area contributed by atoms with Crippen LogP contribution in [0, 0.1) is 12.0 Å². The average Bonchev–Trinajstić information content (AvgIpc) is 1.72. The Labute approximate surface area is 709 Å². The summed E-state index contributed by atoms with van der Waals surface area (Å²) >= 11 is 16.4. The van der Waals surface area contributed by atoms with Gasteiger partial charge in [0.05, 0.1) is 71.8 Å². The number of aliphatic carboxylic acids is 3. The highest BCUT2D eigenvalue weighted by molar-refractivity contribution is 6.88. The van der Waals surface area contributed by atoms with Crippen LogP contribution in [0.5, 0.6) is 28.7 Å². The molecular weight excluding hydrogens is 1730 g/mol. The Kier molecular flexibility index (Phi) is 37.4. The lowest BCUT2D eigenvalue weighted by molar-refractivity contribution is -0.140. The Balaban J connectivity index is 0.000000266. The van der Waals surface area contributed by atoms with E-state index in [-0.39, 0.29) is 48.5 Å². The molecule has 122 heavy (non-hydrogen) atoms. The zero-order chi connectivity index (χ0) is 90.9. The molecule has 0 bridgehead atoms. The number of benzene rings is 8. The molecule has 44 heteroatoms. The number of hydrogen-bond acceptors (Lipinski definition) is 19. The number of carboxylic acid groups (broad SMARTS) is 3. The molecule has 3 heterocycles. The van der Waals surface area contributed by atoms with E-state index in [1.165, 1.54) is 35.1 Å². The molecule has 0 saturated heterocycles. The Hall–Kier alpha value is -13.1. The quantitative estimate of drug-likeness (QED) is 0.00595. The zero-order valence-electron chi connectivity index (χ0n) is 66.1. The Morgan fingerprint density at radius 1 is 0.475 bits per heavy atom. The number of nitrogens with two attached hydrogens (primary N) is 2. The number of azide groups is 1. The van der Waals surface area contributed by atoms with Crippen LogP contribution in [0.2, 0.25) is 74.0 Å². The molecule has 3 aromatic heterocycles. The fraction of sp³-hybridized carbons (Fsp3) is 0.218. The van der Waals surface area contributed by atoms with Crippen molar-refractivity contribution in [1.29, 1.82) is 0 Å². The van der Waals surface area contributed by atoms with E-state index in [4.69, 9.17) is 97.2 Å². The van der Waals surface area contributed by atoms with E-state index in [1.807, 2.05) is 24.5 Å². The monoisotopic (exact) mass is 1810 g/mol. The highest BCUT2D eigenvalue weighted by Crippen LogP contribution is 2.39. The van der Waals surface area contributed by atoms with E-state index >= 15 is 0 Å². The smallest absolute Gasteiger partial charge is 0.417 e. The topological polar surface area (TPSA) is 409 Å². The molecule has 8 aromatic carbocycles. The zero-order valence-corrected chi connectivity index (χ0v) is 71.4. The van der Waals surface area contributed by atoms with Crippen molar-refractivity contribution >= 4 is 128 Å². The first kappa shape index (κ1) is 99.5. The number of nitrogens with zero attached hydrogens (tertiary/aromatic N) is 12. The van der Waals surface area contributed by atoms with Crippen LogP contribution >= 0.6 is 34.8 Å². The fourth-order valence-electron chi connectivity index (χ4n) is 8.78. The molecule has 0 fully saturated rings. The minimum atomic E-state index is -4.62. The van der Waals surface area contributed by atoms with Crippen molar-refractivity contribution in [1.82, 2.24) is 45.0 Å². The minimum Gasteiger partial charge on any atom is -0.484 e. The van der Waals surface area contributed by atoms with Gasteiger partial charge in [0.2, 0.25) is 0 Å². The normalized spacial score (nSPS) is 11.0. The number of carboxylic acids is 3. The van der Waals surface area contributed by atoms with Crippen molar-refractivity contribution in [3.05, 3.63) is 243 Å². The minimum absolute atomic E-state index is 0.0273. The first-order chi connectivity index (χ1) is 57.0. The maximum Gasteiger partial charge on any atom is 0.417 e. The molecule has 0 aliphatic carbocycles. The lowest BCUT2D eigenvalue weighted by Gasteiger charge is -2.12. The summed E-state index contributed by atoms with van der Waals surface area (Å²) < 4.78 is 144. The van der Waals surface area contributed by atoms with Crippen molar-refractivity contribution in [3.8, 4) is 57.8 Å². The molecule has 11 aromatic rings. The average molecular weight is 1810 g/mol. The summed E-state index contributed by atoms with van der Waals surface area (Å²) in [6.07, 6.45) is -1.60. The largest absolute Gasteiger partial charge is 0.484 e. The number of hydrogen-bond donors (Lipinski definition) is 7. The number of alkyl halides is 9. The van der Waals surface area contributed by atoms with E-state index in [0.717, 1.165) is 52.7 Å². The lowest BCUT2D eigenvalue weighted by Crippen LogP contribution is -2.38. The predicted octanol–water partition coefficient (Wildman–Crippen LogP) is 17.0. The molecule has 11 rings (SSSR count). The third-order valence-electron chi connectivity index (χ3n) is 14.7. The van der Waals surface area contributed by atoms with E-state index < -0.39 is 106 Å². The fourth-order valence-corrected chi connectivity index (χ4v) is 11.2. The van der Waals surface area contributed by atoms with Gasteiger partial charge in [-0.05, 0) is 121 Å². The van der Waals surface area contributed by atoms with Gasteiger partial charge in [0.25, 0.3) is 11.8 Å². The number of nitrogens with one attached hydrogen (secondary N) is 2. The Bertz CT molecular complexity index is 5430. The summed E-state index contributed by atoms with van der Waals surface area (Å²) in [6, 6.07) is 43.2. The molecule has 0 radical (unpaired) electrons. The van der Waals surface area contributed by atoms with Gasteiger partial charge >= 0.3 is 36.4 Å². The number of anilines is 4. The summed E-state index contributed by atoms with van der Waals surface area (Å²) in [5, 5.41) is 58.3. The van der Waals surface area contributed by atoms with Crippen LogP contribution in [0.1, 0.15) is 16.7 Å². The summed E-state index contributed by atoms with van der Waals surface area (Å²) in [7, 11) is -4.20. The molecule has 29 nitrogen and oxygen atoms in total. The molecule has 0 aliphatic heterocycles. The van der Waals surface area contributed by atoms with Crippen molar-refractivity contribution in [2.45, 2.75) is 77.5 Å². The first-order valence-electron chi connectivity index (χ1n) is 35.3. The SMILES string of the molecule is C#C[Si](C)(C)C.C[Si](C)(C)c1cn(-c2cccc(OCC(=O)Nc3ccc(Cl)c(C(F)(F)F)c3)c2)nn1.C[Si](C)(C)c1cn(-c2cccc(OCC(=O)O)c2)nn1.Nc1ccc(Cl)c(C(F)(F)F)c1.Nc1cccc(OCC(=O)O)c1.O=C(COc1cccc(-n2ccnn2)c1)Nc1ccc(Cl)c(C(F)(F)F)c1.[N-]=[N+]=Nc1cccc(OCC(=O)O)c1. The number of aromatic nitrogens is 9. The molecule has 0 unspecified atom stereocenters. The summed E-state index contributed by atoms with van der Waals surface area (Å²) in [6.45, 7) is 17.6. The third-order valence-corrected chi connectivity index (χ3v) is 20.1. The number of halogens is 12. The van der Waals surface area contributed by atoms with Gasteiger partial charge in [-0.25, -0.2) is 28.4 Å². The van der Waals surface area contributed by atoms with Crippen LogP contribution in [0.3, 0.4) is 0 Å². The number of carbonyl (C=O) groups is 5. The molecule has 2 amide bonds. The molecule has 0 saturated carbocycles. The van der Waals surface area contributed by atoms with Gasteiger partial charge in [0, 0.05) is 70.0 Å². The van der Waals surface area contributed by atoms with Crippen LogP contribution in [-0.4, -0.2) is 147 Å². The van der Waals surface area contributed by atoms with Gasteiger partial charge in [-0.2, -0.15) is 39.5 Å². The summed E-state index contributed by atoms with van der Waals surface area (Å²) in [5.74, 6) is -2.16. The van der Waals surface area contributed by atoms with Gasteiger partial charge in [-0.3, -0.25) is 9.59 Å². The number of amides is 2. The van der Waals surface area contributed by atoms with Crippen LogP contribution in [0.4, 0.5) is 68.0 Å². The number of nitrogen functional groups attached to an aromatic ring is 2. The van der Waals surface area contributed by atoms with Crippen LogP contribution < -0.4 is 56.4 Å². The van der Waals surface area contributed by atoms with Crippen molar-refractivity contribution < 1.29 is 102 Å². The maximum atomic E-state index is 12.9. The number of ether oxygens (including phenoxy) is 5. The predicted molar refractivity (Wildman–Crippen MR) is 450 cm³/mol. The van der Waals surface area contributed by atoms with Crippen molar-refractivity contribution in [2.24, 2.45) is 5.11 Å². The van der Waals surface area contributed by atoms with Gasteiger partial charge in [-0.15, -0.1) is 27.3 Å². The second-order valence-electron chi connectivity index (χ2n) is 27.9. The number of rotatable bonds is 23. The standard InChI is InChI=1S/C20H20ClF3N4O2Si.C17H12ClF3N4O2.C13H17N3O3Si.C8H7N3O3.C8H9NO3.C7H5ClF3N.C5H10Si/c1-31(2,3)19-11-28(27-26-19)14-5-4-6-15(10-14)30-12-18(29)25-13-7-8-17(21)16(9-13)20(22,23)24;18-15-5-4-11(8-14(15)17(19,20)21)23-16(26)10-27-13-3-1-2-12(9-13)25-7-6-22-24-25;1-20(2,3)12-8-16(15-14-12)10-5-4-6-11(7-10)19-9-13(17)18;9-11-10-6-2-1-3-7(4-6)14-5-8(12)13;9-6-2-1-3-7(4-6)12-5-8(10)11;8-6-2-1-4(12)3-5(6)7(9,10)11;1-5-6(2,3)4/h4-11H,12H2,1-3H3,(H,25,29);1-9H,10H2,(H,23,26);4-8H,9H2,1-3H3,(H,17,18);1-4H,5H2,(H,12,13);1-4H,5,9H2,(H,10,11);1-3H,12H2;1H,2-4H3. The maximum absolute atomic E-state index is 12.9. The Morgan fingerprint density at radius 3 is 1.14 bits per heavy atom. The molecule has 0 aliphatic rings. The molecule has 0 atom stereocenters. The van der Waals surface area contributed by atoms with Gasteiger partial charge in [0.15, 0.2) is 33.0 Å². The highest BCUT2D eigenvalue weighted by atomic mass is 35.5. The molecule has 0 spiro atoms. The Morgan fingerprint density at radius 2 is 0.811 bits per heavy atom. The lowest BCUT2D eigenvalue weighted by atomic mass is 10.2. The van der Waals surface area contributed by atoms with E-state index in [2.05, 4.69) is 116 Å². The molecule has 646 valence electrons. The first-order valence-corrected chi connectivity index (χ1v) is 46.9. The van der Waals surface area contributed by atoms with Gasteiger partial charge < -0.3 is 61.1 Å². The number of carbonyl (C=O) groups excluding carboxylic acids is 2. The third kappa shape index (κ3) is 36.2. The van der Waals surface area contributed by atoms with Gasteiger partial charge in [-0.1, -0.05) is 151 Å². The van der Waals surface area contributed by atoms with Crippen molar-refractivity contribution in [3.63, 3.8) is 0 Å². The summed E-state index contributed by atoms with van der Waals surface area (Å²) in [5.41, 5.74) is 21.7. The van der Waals surface area contributed by atoms with Gasteiger partial charge in [0.1, 0.15) is 53.0 Å². The van der Waals surface area contributed by atoms with Crippen LogP contribution in [0.15, 0.2) is 206 Å². The van der Waals surface area contributed by atoms with E-state index in [0.29, 0.717) is 51.5 Å².